The second kappa shape index (κ2) is 8.98. The van der Waals surface area contributed by atoms with Crippen LogP contribution in [0.2, 0.25) is 0 Å². The van der Waals surface area contributed by atoms with E-state index in [2.05, 4.69) is 39.4 Å². The van der Waals surface area contributed by atoms with Crippen LogP contribution in [0.3, 0.4) is 0 Å². The van der Waals surface area contributed by atoms with Crippen molar-refractivity contribution in [2.45, 2.75) is 45.1 Å². The molecule has 0 spiro atoms. The zero-order chi connectivity index (χ0) is 18.5. The highest BCUT2D eigenvalue weighted by molar-refractivity contribution is 7.13. The molecule has 1 amide bonds. The number of carbonyl (C=O) groups is 1. The van der Waals surface area contributed by atoms with E-state index in [1.807, 2.05) is 6.07 Å². The van der Waals surface area contributed by atoms with Crippen molar-refractivity contribution in [2.75, 3.05) is 26.2 Å². The van der Waals surface area contributed by atoms with Gasteiger partial charge < -0.3 is 4.90 Å². The maximum absolute atomic E-state index is 12.8. The highest BCUT2D eigenvalue weighted by atomic mass is 32.1. The number of likely N-dealkylation sites (tertiary alicyclic amines) is 2. The number of hydrogen-bond donors (Lipinski definition) is 0. The summed E-state index contributed by atoms with van der Waals surface area (Å²) in [5.74, 6) is 0.645. The van der Waals surface area contributed by atoms with E-state index in [-0.39, 0.29) is 5.92 Å². The smallest absolute Gasteiger partial charge is 0.225 e. The van der Waals surface area contributed by atoms with Crippen molar-refractivity contribution in [3.63, 3.8) is 0 Å². The molecule has 0 saturated carbocycles. The molecule has 0 N–H and O–H groups in total. The van der Waals surface area contributed by atoms with Gasteiger partial charge in [-0.2, -0.15) is 0 Å². The standard InChI is InChI=1S/C22H29N3OS/c26-22(25-12-6-1-2-7-13-25)19-10-14-24(15-11-19)16-20-17-27-21(23-20)18-8-4-3-5-9-18/h3-5,8-9,17,19H,1-2,6-7,10-16H2. The minimum Gasteiger partial charge on any atom is -0.342 e. The van der Waals surface area contributed by atoms with E-state index in [9.17, 15) is 4.79 Å². The molecule has 4 nitrogen and oxygen atoms in total. The fraction of sp³-hybridized carbons (Fsp3) is 0.545. The van der Waals surface area contributed by atoms with E-state index in [1.54, 1.807) is 11.3 Å². The summed E-state index contributed by atoms with van der Waals surface area (Å²) in [6.45, 7) is 4.85. The molecule has 1 aromatic carbocycles. The molecule has 0 aliphatic carbocycles. The summed E-state index contributed by atoms with van der Waals surface area (Å²) < 4.78 is 0. The molecule has 0 bridgehead atoms. The Hall–Kier alpha value is -1.72. The van der Waals surface area contributed by atoms with Crippen LogP contribution in [0.4, 0.5) is 0 Å². The lowest BCUT2D eigenvalue weighted by Gasteiger charge is -2.33. The number of aromatic nitrogens is 1. The SMILES string of the molecule is O=C(C1CCN(Cc2csc(-c3ccccc3)n2)CC1)N1CCCCCC1. The molecule has 2 aromatic rings. The van der Waals surface area contributed by atoms with Gasteiger partial charge in [-0.1, -0.05) is 43.2 Å². The maximum atomic E-state index is 12.8. The summed E-state index contributed by atoms with van der Waals surface area (Å²) in [4.78, 5) is 22.2. The van der Waals surface area contributed by atoms with Gasteiger partial charge in [0.15, 0.2) is 0 Å². The Labute approximate surface area is 166 Å². The molecule has 2 aliphatic rings. The third-order valence-electron chi connectivity index (χ3n) is 5.81. The summed E-state index contributed by atoms with van der Waals surface area (Å²) >= 11 is 1.72. The predicted molar refractivity (Wildman–Crippen MR) is 111 cm³/mol. The van der Waals surface area contributed by atoms with Crippen LogP contribution in [0.1, 0.15) is 44.2 Å². The third-order valence-corrected chi connectivity index (χ3v) is 6.75. The third kappa shape index (κ3) is 4.77. The number of hydrogen-bond acceptors (Lipinski definition) is 4. The van der Waals surface area contributed by atoms with E-state index in [0.29, 0.717) is 5.91 Å². The molecule has 2 fully saturated rings. The molecule has 2 saturated heterocycles. The number of rotatable bonds is 4. The van der Waals surface area contributed by atoms with Gasteiger partial charge in [0.1, 0.15) is 5.01 Å². The highest BCUT2D eigenvalue weighted by Gasteiger charge is 2.29. The second-order valence-electron chi connectivity index (χ2n) is 7.80. The molecule has 5 heteroatoms. The van der Waals surface area contributed by atoms with Crippen LogP contribution in [0.25, 0.3) is 10.6 Å². The van der Waals surface area contributed by atoms with Crippen molar-refractivity contribution in [2.24, 2.45) is 5.92 Å². The van der Waals surface area contributed by atoms with Gasteiger partial charge in [0.05, 0.1) is 5.69 Å². The molecule has 1 aromatic heterocycles. The number of nitrogens with zero attached hydrogens (tertiary/aromatic N) is 3. The van der Waals surface area contributed by atoms with Crippen molar-refractivity contribution in [3.8, 4) is 10.6 Å². The van der Waals surface area contributed by atoms with E-state index in [1.165, 1.54) is 31.2 Å². The number of piperidine rings is 1. The van der Waals surface area contributed by atoms with Gasteiger partial charge in [-0.3, -0.25) is 9.69 Å². The summed E-state index contributed by atoms with van der Waals surface area (Å²) in [7, 11) is 0. The lowest BCUT2D eigenvalue weighted by atomic mass is 9.95. The molecule has 0 atom stereocenters. The molecule has 2 aliphatic heterocycles. The number of benzene rings is 1. The van der Waals surface area contributed by atoms with E-state index in [4.69, 9.17) is 4.98 Å². The first-order valence-corrected chi connectivity index (χ1v) is 11.2. The largest absolute Gasteiger partial charge is 0.342 e. The molecular formula is C22H29N3OS. The molecule has 144 valence electrons. The van der Waals surface area contributed by atoms with Crippen LogP contribution in [0.15, 0.2) is 35.7 Å². The van der Waals surface area contributed by atoms with Crippen LogP contribution >= 0.6 is 11.3 Å². The Balaban J connectivity index is 1.28. The van der Waals surface area contributed by atoms with Crippen molar-refractivity contribution < 1.29 is 4.79 Å². The molecule has 0 radical (unpaired) electrons. The van der Waals surface area contributed by atoms with Gasteiger partial charge in [-0.05, 0) is 38.8 Å². The Morgan fingerprint density at radius 3 is 2.41 bits per heavy atom. The van der Waals surface area contributed by atoms with Crippen LogP contribution in [-0.2, 0) is 11.3 Å². The molecule has 3 heterocycles. The Bertz CT molecular complexity index is 729. The van der Waals surface area contributed by atoms with Crippen molar-refractivity contribution in [1.29, 1.82) is 0 Å². The van der Waals surface area contributed by atoms with Crippen LogP contribution in [-0.4, -0.2) is 46.9 Å². The Kier molecular flexibility index (Phi) is 6.20. The van der Waals surface area contributed by atoms with Gasteiger partial charge in [0, 0.05) is 36.5 Å². The fourth-order valence-corrected chi connectivity index (χ4v) is 5.03. The number of carbonyl (C=O) groups excluding carboxylic acids is 1. The zero-order valence-corrected chi connectivity index (χ0v) is 16.8. The average molecular weight is 384 g/mol. The van der Waals surface area contributed by atoms with Gasteiger partial charge in [0.2, 0.25) is 5.91 Å². The molecular weight excluding hydrogens is 354 g/mol. The molecule has 27 heavy (non-hydrogen) atoms. The Morgan fingerprint density at radius 2 is 1.70 bits per heavy atom. The number of amides is 1. The lowest BCUT2D eigenvalue weighted by Crippen LogP contribution is -2.42. The number of thiazole rings is 1. The second-order valence-corrected chi connectivity index (χ2v) is 8.66. The first-order valence-electron chi connectivity index (χ1n) is 10.3. The topological polar surface area (TPSA) is 36.4 Å². The normalized spacial score (nSPS) is 19.8. The lowest BCUT2D eigenvalue weighted by molar-refractivity contribution is -0.137. The highest BCUT2D eigenvalue weighted by Crippen LogP contribution is 2.26. The van der Waals surface area contributed by atoms with E-state index >= 15 is 0 Å². The fourth-order valence-electron chi connectivity index (χ4n) is 4.21. The van der Waals surface area contributed by atoms with Crippen LogP contribution in [0, 0.1) is 5.92 Å². The summed E-state index contributed by atoms with van der Waals surface area (Å²) in [5.41, 5.74) is 2.34. The van der Waals surface area contributed by atoms with Crippen LogP contribution in [0.5, 0.6) is 0 Å². The molecule has 4 rings (SSSR count). The van der Waals surface area contributed by atoms with Crippen molar-refractivity contribution in [3.05, 3.63) is 41.4 Å². The van der Waals surface area contributed by atoms with E-state index < -0.39 is 0 Å². The summed E-state index contributed by atoms with van der Waals surface area (Å²) in [6.07, 6.45) is 6.90. The minimum absolute atomic E-state index is 0.231. The minimum atomic E-state index is 0.231. The summed E-state index contributed by atoms with van der Waals surface area (Å²) in [6, 6.07) is 10.4. The molecule has 0 unspecified atom stereocenters. The predicted octanol–water partition coefficient (Wildman–Crippen LogP) is 4.42. The van der Waals surface area contributed by atoms with Crippen molar-refractivity contribution in [1.82, 2.24) is 14.8 Å². The average Bonchev–Trinajstić information content (AvgIpc) is 3.01. The monoisotopic (exact) mass is 383 g/mol. The van der Waals surface area contributed by atoms with E-state index in [0.717, 1.165) is 56.3 Å². The van der Waals surface area contributed by atoms with Crippen molar-refractivity contribution >= 4 is 17.2 Å². The van der Waals surface area contributed by atoms with Gasteiger partial charge >= 0.3 is 0 Å². The zero-order valence-electron chi connectivity index (χ0n) is 16.0. The quantitative estimate of drug-likeness (QED) is 0.784. The first-order chi connectivity index (χ1) is 13.3. The maximum Gasteiger partial charge on any atom is 0.225 e. The first kappa shape index (κ1) is 18.6. The van der Waals surface area contributed by atoms with Gasteiger partial charge in [-0.25, -0.2) is 4.98 Å². The van der Waals surface area contributed by atoms with Crippen LogP contribution < -0.4 is 0 Å². The van der Waals surface area contributed by atoms with Gasteiger partial charge in [0.25, 0.3) is 0 Å². The van der Waals surface area contributed by atoms with Gasteiger partial charge in [-0.15, -0.1) is 11.3 Å². The Morgan fingerprint density at radius 1 is 1.00 bits per heavy atom. The summed E-state index contributed by atoms with van der Waals surface area (Å²) in [5, 5.41) is 3.27.